The predicted octanol–water partition coefficient (Wildman–Crippen LogP) is 2.99. The van der Waals surface area contributed by atoms with Crippen LogP contribution < -0.4 is 18.9 Å². The van der Waals surface area contributed by atoms with Crippen molar-refractivity contribution in [1.29, 1.82) is 0 Å². The molecule has 0 aromatic heterocycles. The van der Waals surface area contributed by atoms with Gasteiger partial charge in [-0.15, -0.1) is 0 Å². The molecule has 16 heavy (non-hydrogen) atoms. The molecule has 0 heterocycles. The van der Waals surface area contributed by atoms with E-state index in [9.17, 15) is 0 Å². The zero-order valence-electron chi connectivity index (χ0n) is 12.9. The van der Waals surface area contributed by atoms with E-state index in [4.69, 9.17) is 0 Å². The van der Waals surface area contributed by atoms with Crippen molar-refractivity contribution in [2.75, 3.05) is 0 Å². The van der Waals surface area contributed by atoms with Crippen LogP contribution in [-0.2, 0) is 0 Å². The summed E-state index contributed by atoms with van der Waals surface area (Å²) in [6.45, 7) is 4.54. The van der Waals surface area contributed by atoms with Gasteiger partial charge in [0.25, 0.3) is 0 Å². The first-order valence-electron chi connectivity index (χ1n) is 7.06. The van der Waals surface area contributed by atoms with Crippen LogP contribution in [0, 0.1) is 0 Å². The Bertz CT molecular complexity index is 135. The first kappa shape index (κ1) is 18.7. The van der Waals surface area contributed by atoms with Gasteiger partial charge in [0, 0.05) is 0 Å². The summed E-state index contributed by atoms with van der Waals surface area (Å²) in [5, 5.41) is 0. The standard InChI is InChI=1S/C15H30.Li.H/c1-3-5-7-9-11-13-15-14-12-10-8-6-4-2;;/h13,15H,3-12,14H2,1-2H3;;/q;+1;-1/b15-13-;;. The van der Waals surface area contributed by atoms with Crippen LogP contribution in [0.25, 0.3) is 0 Å². The van der Waals surface area contributed by atoms with Gasteiger partial charge < -0.3 is 1.43 Å². The third-order valence-electron chi connectivity index (χ3n) is 2.87. The van der Waals surface area contributed by atoms with Gasteiger partial charge in [0.1, 0.15) is 0 Å². The van der Waals surface area contributed by atoms with Crippen molar-refractivity contribution in [3.05, 3.63) is 12.2 Å². The van der Waals surface area contributed by atoms with Crippen molar-refractivity contribution < 1.29 is 20.3 Å². The largest absolute Gasteiger partial charge is 1.00 e. The quantitative estimate of drug-likeness (QED) is 0.284. The first-order valence-corrected chi connectivity index (χ1v) is 7.06. The molecule has 0 aliphatic carbocycles. The molecule has 0 fully saturated rings. The van der Waals surface area contributed by atoms with Gasteiger partial charge in [0.2, 0.25) is 0 Å². The summed E-state index contributed by atoms with van der Waals surface area (Å²) in [5.41, 5.74) is 0. The van der Waals surface area contributed by atoms with E-state index in [1.165, 1.54) is 70.6 Å². The number of rotatable bonds is 11. The van der Waals surface area contributed by atoms with E-state index in [0.29, 0.717) is 0 Å². The van der Waals surface area contributed by atoms with Crippen LogP contribution in [0.15, 0.2) is 12.2 Å². The zero-order valence-corrected chi connectivity index (χ0v) is 11.9. The van der Waals surface area contributed by atoms with Crippen molar-refractivity contribution in [3.63, 3.8) is 0 Å². The molecule has 0 saturated heterocycles. The predicted molar refractivity (Wildman–Crippen MR) is 72.4 cm³/mol. The second-order valence-electron chi connectivity index (χ2n) is 4.52. The van der Waals surface area contributed by atoms with Crippen molar-refractivity contribution in [3.8, 4) is 0 Å². The Hall–Kier alpha value is 0.337. The molecule has 0 aliphatic heterocycles. The maximum atomic E-state index is 2.39. The number of hydrogen-bond donors (Lipinski definition) is 0. The Morgan fingerprint density at radius 1 is 0.625 bits per heavy atom. The number of unbranched alkanes of at least 4 members (excludes halogenated alkanes) is 9. The van der Waals surface area contributed by atoms with Crippen LogP contribution in [0.5, 0.6) is 0 Å². The van der Waals surface area contributed by atoms with Gasteiger partial charge in [0.15, 0.2) is 0 Å². The van der Waals surface area contributed by atoms with E-state index in [1.54, 1.807) is 0 Å². The second kappa shape index (κ2) is 17.7. The Morgan fingerprint density at radius 2 is 1.00 bits per heavy atom. The van der Waals surface area contributed by atoms with Gasteiger partial charge in [-0.3, -0.25) is 0 Å². The molecule has 0 atom stereocenters. The molecule has 0 bridgehead atoms. The van der Waals surface area contributed by atoms with E-state index in [0.717, 1.165) is 0 Å². The van der Waals surface area contributed by atoms with E-state index in [1.807, 2.05) is 0 Å². The average molecular weight is 218 g/mol. The van der Waals surface area contributed by atoms with E-state index in [-0.39, 0.29) is 20.3 Å². The van der Waals surface area contributed by atoms with Crippen LogP contribution in [0.4, 0.5) is 0 Å². The molecule has 0 nitrogen and oxygen atoms in total. The molecule has 0 aliphatic rings. The summed E-state index contributed by atoms with van der Waals surface area (Å²) < 4.78 is 0. The molecule has 0 aromatic rings. The molecule has 1 heteroatoms. The Labute approximate surface area is 117 Å². The summed E-state index contributed by atoms with van der Waals surface area (Å²) >= 11 is 0. The van der Waals surface area contributed by atoms with Crippen LogP contribution in [-0.4, -0.2) is 0 Å². The summed E-state index contributed by atoms with van der Waals surface area (Å²) in [6.07, 6.45) is 20.0. The summed E-state index contributed by atoms with van der Waals surface area (Å²) in [7, 11) is 0. The zero-order chi connectivity index (χ0) is 11.2. The maximum absolute atomic E-state index is 2.39. The molecule has 0 radical (unpaired) electrons. The smallest absolute Gasteiger partial charge is 1.00 e. The Kier molecular flexibility index (Phi) is 20.7. The minimum atomic E-state index is 0. The molecule has 0 unspecified atom stereocenters. The average Bonchev–Trinajstić information content (AvgIpc) is 2.26. The first-order chi connectivity index (χ1) is 7.41. The fourth-order valence-electron chi connectivity index (χ4n) is 1.79. The van der Waals surface area contributed by atoms with Crippen LogP contribution in [0.1, 0.15) is 85.9 Å². The molecular weight excluding hydrogens is 187 g/mol. The fraction of sp³-hybridized carbons (Fsp3) is 0.867. The van der Waals surface area contributed by atoms with Crippen LogP contribution in [0.2, 0.25) is 0 Å². The minimum absolute atomic E-state index is 0. The monoisotopic (exact) mass is 218 g/mol. The van der Waals surface area contributed by atoms with E-state index < -0.39 is 0 Å². The third-order valence-corrected chi connectivity index (χ3v) is 2.87. The molecular formula is C15H31Li. The minimum Gasteiger partial charge on any atom is -1.00 e. The second-order valence-corrected chi connectivity index (χ2v) is 4.52. The van der Waals surface area contributed by atoms with E-state index >= 15 is 0 Å². The van der Waals surface area contributed by atoms with Gasteiger partial charge in [-0.05, 0) is 25.7 Å². The Morgan fingerprint density at radius 3 is 1.44 bits per heavy atom. The maximum Gasteiger partial charge on any atom is 1.00 e. The topological polar surface area (TPSA) is 0 Å². The summed E-state index contributed by atoms with van der Waals surface area (Å²) in [4.78, 5) is 0. The number of allylic oxidation sites excluding steroid dienone is 2. The van der Waals surface area contributed by atoms with Gasteiger partial charge in [-0.2, -0.15) is 0 Å². The van der Waals surface area contributed by atoms with Crippen LogP contribution >= 0.6 is 0 Å². The van der Waals surface area contributed by atoms with Gasteiger partial charge in [0.05, 0.1) is 0 Å². The molecule has 0 rings (SSSR count). The van der Waals surface area contributed by atoms with Gasteiger partial charge in [-0.25, -0.2) is 0 Å². The summed E-state index contributed by atoms with van der Waals surface area (Å²) in [5.74, 6) is 0. The Balaban J connectivity index is -0.000000980. The van der Waals surface area contributed by atoms with E-state index in [2.05, 4.69) is 26.0 Å². The van der Waals surface area contributed by atoms with Gasteiger partial charge in [-0.1, -0.05) is 70.9 Å². The fourth-order valence-corrected chi connectivity index (χ4v) is 1.79. The molecule has 0 amide bonds. The van der Waals surface area contributed by atoms with Gasteiger partial charge >= 0.3 is 18.9 Å². The molecule has 0 spiro atoms. The summed E-state index contributed by atoms with van der Waals surface area (Å²) in [6, 6.07) is 0. The third kappa shape index (κ3) is 16.8. The normalized spacial score (nSPS) is 10.6. The van der Waals surface area contributed by atoms with Crippen LogP contribution in [0.3, 0.4) is 0 Å². The van der Waals surface area contributed by atoms with Crippen molar-refractivity contribution in [1.82, 2.24) is 0 Å². The SMILES string of the molecule is CCCCCC/C=C\CCCCCCC.[H-].[Li+]. The molecule has 92 valence electrons. The number of hydrogen-bond acceptors (Lipinski definition) is 0. The molecule has 0 saturated carbocycles. The van der Waals surface area contributed by atoms with Crippen molar-refractivity contribution in [2.24, 2.45) is 0 Å². The molecule has 0 aromatic carbocycles. The molecule has 0 N–H and O–H groups in total. The van der Waals surface area contributed by atoms with Crippen molar-refractivity contribution >= 4 is 0 Å². The van der Waals surface area contributed by atoms with Crippen molar-refractivity contribution in [2.45, 2.75) is 84.5 Å².